The molecule has 1 atom stereocenters. The molecule has 0 fully saturated rings. The fourth-order valence-electron chi connectivity index (χ4n) is 0.618. The molecule has 0 bridgehead atoms. The maximum Gasteiger partial charge on any atom is 0.0263 e. The molecule has 0 aromatic rings. The van der Waals surface area contributed by atoms with Crippen LogP contribution in [0, 0.1) is 5.92 Å². The van der Waals surface area contributed by atoms with E-state index in [1.807, 2.05) is 6.92 Å². The second kappa shape index (κ2) is 4.77. The zero-order valence-electron chi connectivity index (χ0n) is 6.59. The van der Waals surface area contributed by atoms with Crippen molar-refractivity contribution in [3.8, 4) is 0 Å². The van der Waals surface area contributed by atoms with Gasteiger partial charge in [0, 0.05) is 13.1 Å². The van der Waals surface area contributed by atoms with E-state index in [4.69, 9.17) is 5.21 Å². The van der Waals surface area contributed by atoms with Crippen molar-refractivity contribution in [3.63, 3.8) is 0 Å². The van der Waals surface area contributed by atoms with E-state index in [9.17, 15) is 0 Å². The fourth-order valence-corrected chi connectivity index (χ4v) is 0.618. The SMILES string of the molecule is CCC(C)CN(O)CC. The molecule has 0 spiro atoms. The Labute approximate surface area is 57.4 Å². The first kappa shape index (κ1) is 8.92. The third-order valence-corrected chi connectivity index (χ3v) is 1.58. The van der Waals surface area contributed by atoms with Crippen molar-refractivity contribution in [1.82, 2.24) is 5.06 Å². The summed E-state index contributed by atoms with van der Waals surface area (Å²) in [7, 11) is 0. The van der Waals surface area contributed by atoms with Crippen LogP contribution in [-0.2, 0) is 0 Å². The predicted molar refractivity (Wildman–Crippen MR) is 38.5 cm³/mol. The molecule has 0 aliphatic heterocycles. The number of hydroxylamine groups is 2. The lowest BCUT2D eigenvalue weighted by Crippen LogP contribution is -2.24. The standard InChI is InChI=1S/C7H17NO/c1-4-7(3)6-8(9)5-2/h7,9H,4-6H2,1-3H3. The summed E-state index contributed by atoms with van der Waals surface area (Å²) in [6, 6.07) is 0. The minimum absolute atomic E-state index is 0.606. The molecule has 0 radical (unpaired) electrons. The van der Waals surface area contributed by atoms with Crippen molar-refractivity contribution in [2.45, 2.75) is 27.2 Å². The first-order valence-electron chi connectivity index (χ1n) is 3.64. The molecule has 0 rings (SSSR count). The molecular weight excluding hydrogens is 114 g/mol. The molecule has 0 heterocycles. The predicted octanol–water partition coefficient (Wildman–Crippen LogP) is 1.74. The average molecular weight is 131 g/mol. The quantitative estimate of drug-likeness (QED) is 0.587. The number of nitrogens with zero attached hydrogens (tertiary/aromatic N) is 1. The van der Waals surface area contributed by atoms with Crippen molar-refractivity contribution < 1.29 is 5.21 Å². The van der Waals surface area contributed by atoms with Crippen LogP contribution in [0.15, 0.2) is 0 Å². The van der Waals surface area contributed by atoms with Gasteiger partial charge in [-0.25, -0.2) is 0 Å². The van der Waals surface area contributed by atoms with Gasteiger partial charge in [-0.05, 0) is 5.92 Å². The molecule has 1 unspecified atom stereocenters. The second-order valence-corrected chi connectivity index (χ2v) is 2.52. The molecule has 0 aromatic heterocycles. The zero-order chi connectivity index (χ0) is 7.28. The highest BCUT2D eigenvalue weighted by molar-refractivity contribution is 4.50. The van der Waals surface area contributed by atoms with Gasteiger partial charge >= 0.3 is 0 Å². The lowest BCUT2D eigenvalue weighted by molar-refractivity contribution is -0.0955. The van der Waals surface area contributed by atoms with Gasteiger partial charge in [-0.3, -0.25) is 0 Å². The lowest BCUT2D eigenvalue weighted by Gasteiger charge is -2.15. The van der Waals surface area contributed by atoms with Crippen LogP contribution in [0.25, 0.3) is 0 Å². The van der Waals surface area contributed by atoms with Crippen LogP contribution < -0.4 is 0 Å². The Kier molecular flexibility index (Phi) is 4.72. The summed E-state index contributed by atoms with van der Waals surface area (Å²) in [6.07, 6.45) is 1.14. The lowest BCUT2D eigenvalue weighted by atomic mass is 10.1. The molecule has 0 amide bonds. The van der Waals surface area contributed by atoms with Gasteiger partial charge in [-0.15, -0.1) is 0 Å². The molecule has 0 saturated carbocycles. The van der Waals surface area contributed by atoms with E-state index in [0.29, 0.717) is 5.92 Å². The van der Waals surface area contributed by atoms with Gasteiger partial charge in [0.1, 0.15) is 0 Å². The molecule has 0 aliphatic rings. The molecule has 0 saturated heterocycles. The maximum atomic E-state index is 8.99. The smallest absolute Gasteiger partial charge is 0.0263 e. The Morgan fingerprint density at radius 3 is 2.33 bits per heavy atom. The van der Waals surface area contributed by atoms with Crippen LogP contribution in [-0.4, -0.2) is 23.4 Å². The summed E-state index contributed by atoms with van der Waals surface area (Å²) in [6.45, 7) is 7.74. The fraction of sp³-hybridized carbons (Fsp3) is 1.00. The van der Waals surface area contributed by atoms with Crippen LogP contribution in [0.1, 0.15) is 27.2 Å². The Morgan fingerprint density at radius 2 is 2.00 bits per heavy atom. The van der Waals surface area contributed by atoms with Crippen LogP contribution in [0.3, 0.4) is 0 Å². The molecule has 0 aliphatic carbocycles. The van der Waals surface area contributed by atoms with Gasteiger partial charge in [0.05, 0.1) is 0 Å². The molecular formula is C7H17NO. The number of rotatable bonds is 4. The van der Waals surface area contributed by atoms with E-state index < -0.39 is 0 Å². The Hall–Kier alpha value is -0.0800. The van der Waals surface area contributed by atoms with E-state index in [1.54, 1.807) is 0 Å². The van der Waals surface area contributed by atoms with Gasteiger partial charge in [-0.1, -0.05) is 27.2 Å². The highest BCUT2D eigenvalue weighted by Crippen LogP contribution is 2.00. The highest BCUT2D eigenvalue weighted by Gasteiger charge is 2.01. The molecule has 0 aromatic carbocycles. The van der Waals surface area contributed by atoms with Gasteiger partial charge < -0.3 is 5.21 Å². The van der Waals surface area contributed by atoms with Crippen molar-refractivity contribution >= 4 is 0 Å². The molecule has 2 nitrogen and oxygen atoms in total. The van der Waals surface area contributed by atoms with Crippen LogP contribution in [0.2, 0.25) is 0 Å². The number of hydrogen-bond acceptors (Lipinski definition) is 2. The van der Waals surface area contributed by atoms with E-state index in [1.165, 1.54) is 5.06 Å². The first-order valence-corrected chi connectivity index (χ1v) is 3.64. The summed E-state index contributed by atoms with van der Waals surface area (Å²) in [5.41, 5.74) is 0. The van der Waals surface area contributed by atoms with Crippen LogP contribution in [0.4, 0.5) is 0 Å². The van der Waals surface area contributed by atoms with E-state index in [2.05, 4.69) is 13.8 Å². The summed E-state index contributed by atoms with van der Waals surface area (Å²) >= 11 is 0. The Morgan fingerprint density at radius 1 is 1.44 bits per heavy atom. The molecule has 2 heteroatoms. The summed E-state index contributed by atoms with van der Waals surface area (Å²) in [4.78, 5) is 0. The van der Waals surface area contributed by atoms with Gasteiger partial charge in [0.25, 0.3) is 0 Å². The van der Waals surface area contributed by atoms with Crippen molar-refractivity contribution in [2.75, 3.05) is 13.1 Å². The van der Waals surface area contributed by atoms with Crippen molar-refractivity contribution in [2.24, 2.45) is 5.92 Å². The summed E-state index contributed by atoms with van der Waals surface area (Å²) in [5.74, 6) is 0.606. The zero-order valence-corrected chi connectivity index (χ0v) is 6.59. The maximum absolute atomic E-state index is 8.99. The first-order chi connectivity index (χ1) is 4.20. The van der Waals surface area contributed by atoms with E-state index >= 15 is 0 Å². The van der Waals surface area contributed by atoms with Crippen molar-refractivity contribution in [3.05, 3.63) is 0 Å². The van der Waals surface area contributed by atoms with E-state index in [0.717, 1.165) is 19.5 Å². The van der Waals surface area contributed by atoms with Gasteiger partial charge in [0.15, 0.2) is 0 Å². The minimum Gasteiger partial charge on any atom is -0.314 e. The largest absolute Gasteiger partial charge is 0.314 e. The average Bonchev–Trinajstić information content (AvgIpc) is 1.87. The Bertz CT molecular complexity index is 57.9. The van der Waals surface area contributed by atoms with Crippen LogP contribution in [0.5, 0.6) is 0 Å². The highest BCUT2D eigenvalue weighted by atomic mass is 16.5. The molecule has 56 valence electrons. The van der Waals surface area contributed by atoms with E-state index in [-0.39, 0.29) is 0 Å². The monoisotopic (exact) mass is 131 g/mol. The third kappa shape index (κ3) is 4.43. The minimum atomic E-state index is 0.606. The van der Waals surface area contributed by atoms with Gasteiger partial charge in [0.2, 0.25) is 0 Å². The Balaban J connectivity index is 3.22. The van der Waals surface area contributed by atoms with Crippen molar-refractivity contribution in [1.29, 1.82) is 0 Å². The topological polar surface area (TPSA) is 23.5 Å². The molecule has 1 N–H and O–H groups in total. The summed E-state index contributed by atoms with van der Waals surface area (Å²) < 4.78 is 0. The number of hydrogen-bond donors (Lipinski definition) is 1. The van der Waals surface area contributed by atoms with Gasteiger partial charge in [-0.2, -0.15) is 5.06 Å². The summed E-state index contributed by atoms with van der Waals surface area (Å²) in [5, 5.41) is 10.3. The molecule has 9 heavy (non-hydrogen) atoms. The normalized spacial score (nSPS) is 14.3. The second-order valence-electron chi connectivity index (χ2n) is 2.52. The van der Waals surface area contributed by atoms with Crippen LogP contribution >= 0.6 is 0 Å². The third-order valence-electron chi connectivity index (χ3n) is 1.58.